The maximum Gasteiger partial charge on any atom is 0.159 e. The Bertz CT molecular complexity index is 5950. The van der Waals surface area contributed by atoms with Gasteiger partial charge in [-0.3, -0.25) is 0 Å². The Kier molecular flexibility index (Phi) is 13.5. The van der Waals surface area contributed by atoms with Crippen molar-refractivity contribution in [2.24, 2.45) is 0 Å². The van der Waals surface area contributed by atoms with E-state index in [9.17, 15) is 0 Å². The topological polar surface area (TPSA) is 45.9 Å². The molecule has 0 bridgehead atoms. The summed E-state index contributed by atoms with van der Waals surface area (Å²) >= 11 is 7.30. The van der Waals surface area contributed by atoms with Crippen LogP contribution in [0.4, 0.5) is 34.1 Å². The van der Waals surface area contributed by atoms with Crippen molar-refractivity contribution in [3.05, 3.63) is 336 Å². The lowest BCUT2D eigenvalue weighted by Gasteiger charge is -2.29. The number of furan rings is 3. The Balaban J connectivity index is 0.000000137. The van der Waals surface area contributed by atoms with Gasteiger partial charge in [0, 0.05) is 69.8 Å². The molecule has 3 aromatic heterocycles. The van der Waals surface area contributed by atoms with Crippen molar-refractivity contribution in [1.29, 1.82) is 0 Å². The van der Waals surface area contributed by atoms with E-state index in [1.165, 1.54) is 86.5 Å². The second kappa shape index (κ2) is 22.9. The quantitative estimate of drug-likeness (QED) is 0.142. The number of halogens is 2. The van der Waals surface area contributed by atoms with Gasteiger partial charge in [-0.05, 0) is 144 Å². The second-order valence-electron chi connectivity index (χ2n) is 24.0. The van der Waals surface area contributed by atoms with Crippen LogP contribution in [0.5, 0.6) is 0 Å². The summed E-state index contributed by atoms with van der Waals surface area (Å²) in [5.41, 5.74) is 14.3. The Morgan fingerprint density at radius 2 is 0.564 bits per heavy atom. The molecule has 5 nitrogen and oxygen atoms in total. The molecule has 0 unspecified atom stereocenters. The maximum atomic E-state index is 6.65. The van der Waals surface area contributed by atoms with Gasteiger partial charge >= 0.3 is 0 Å². The fourth-order valence-corrected chi connectivity index (χ4v) is 15.4. The van der Waals surface area contributed by atoms with Crippen LogP contribution in [0, 0.1) is 0 Å². The SMILES string of the molecule is Brc1ccc2ccc3c(Br)ccc4ccc1c2c43.c1ccc(Cc2cccc3c2oc2ccccc23)cc1.c1ccc(N(c2ccc3ccc4c(N(c5ccccc5)c5cccc6c5oc5ccccc56)ccc5ccc2c3c54)c2cccc3c2oc2ccccc23)cc1. The van der Waals surface area contributed by atoms with Gasteiger partial charge in [0.25, 0.3) is 0 Å². The highest BCUT2D eigenvalue weighted by Crippen LogP contribution is 2.51. The Morgan fingerprint density at radius 1 is 0.234 bits per heavy atom. The zero-order chi connectivity index (χ0) is 62.4. The second-order valence-corrected chi connectivity index (χ2v) is 25.7. The van der Waals surface area contributed by atoms with Crippen molar-refractivity contribution in [3.63, 3.8) is 0 Å². The molecule has 20 rings (SSSR count). The lowest BCUT2D eigenvalue weighted by molar-refractivity contribution is 0.664. The van der Waals surface area contributed by atoms with Crippen molar-refractivity contribution < 1.29 is 13.3 Å². The number of hydrogen-bond acceptors (Lipinski definition) is 5. The Hall–Kier alpha value is -11.2. The molecule has 0 atom stereocenters. The number of nitrogens with zero attached hydrogens (tertiary/aromatic N) is 2. The van der Waals surface area contributed by atoms with Gasteiger partial charge in [0.2, 0.25) is 0 Å². The first-order valence-electron chi connectivity index (χ1n) is 31.6. The van der Waals surface area contributed by atoms with Crippen LogP contribution in [0.1, 0.15) is 11.1 Å². The third kappa shape index (κ3) is 9.25. The van der Waals surface area contributed by atoms with Crippen LogP contribution < -0.4 is 9.80 Å². The molecule has 3 heterocycles. The summed E-state index contributed by atoms with van der Waals surface area (Å²) in [5, 5.41) is 21.8. The third-order valence-electron chi connectivity index (χ3n) is 18.7. The zero-order valence-corrected chi connectivity index (χ0v) is 53.8. The number of fused-ring (bicyclic) bond motifs is 9. The smallest absolute Gasteiger partial charge is 0.159 e. The first-order chi connectivity index (χ1) is 46.5. The normalized spacial score (nSPS) is 11.8. The maximum absolute atomic E-state index is 6.65. The van der Waals surface area contributed by atoms with E-state index >= 15 is 0 Å². The van der Waals surface area contributed by atoms with Crippen LogP contribution >= 0.6 is 31.9 Å². The summed E-state index contributed by atoms with van der Waals surface area (Å²) in [6.07, 6.45) is 0.901. The highest BCUT2D eigenvalue weighted by atomic mass is 79.9. The largest absolute Gasteiger partial charge is 0.456 e. The van der Waals surface area contributed by atoms with Gasteiger partial charge < -0.3 is 23.1 Å². The predicted molar refractivity (Wildman–Crippen MR) is 403 cm³/mol. The summed E-state index contributed by atoms with van der Waals surface area (Å²) in [6, 6.07) is 111. The summed E-state index contributed by atoms with van der Waals surface area (Å²) in [5.74, 6) is 0. The average molecular weight is 1340 g/mol. The van der Waals surface area contributed by atoms with E-state index in [-0.39, 0.29) is 0 Å². The molecule has 20 aromatic rings. The fraction of sp³-hybridized carbons (Fsp3) is 0.0115. The number of rotatable bonds is 8. The molecule has 0 aliphatic rings. The number of hydrogen-bond donors (Lipinski definition) is 0. The van der Waals surface area contributed by atoms with Crippen molar-refractivity contribution in [1.82, 2.24) is 0 Å². The monoisotopic (exact) mass is 1330 g/mol. The van der Waals surface area contributed by atoms with Gasteiger partial charge in [0.15, 0.2) is 11.2 Å². The molecule has 0 saturated carbocycles. The van der Waals surface area contributed by atoms with Crippen LogP contribution in [0.2, 0.25) is 0 Å². The van der Waals surface area contributed by atoms with E-state index in [2.05, 4.69) is 315 Å². The minimum absolute atomic E-state index is 0.865. The predicted octanol–water partition coefficient (Wildman–Crippen LogP) is 26.6. The minimum Gasteiger partial charge on any atom is -0.456 e. The van der Waals surface area contributed by atoms with Gasteiger partial charge in [-0.2, -0.15) is 0 Å². The van der Waals surface area contributed by atoms with Crippen molar-refractivity contribution in [3.8, 4) is 0 Å². The van der Waals surface area contributed by atoms with Crippen LogP contribution in [0.15, 0.2) is 338 Å². The molecule has 0 fully saturated rings. The summed E-state index contributed by atoms with van der Waals surface area (Å²) < 4.78 is 21.7. The van der Waals surface area contributed by atoms with Gasteiger partial charge in [0.05, 0.1) is 22.7 Å². The Labute approximate surface area is 557 Å². The lowest BCUT2D eigenvalue weighted by Crippen LogP contribution is -2.11. The fourth-order valence-electron chi connectivity index (χ4n) is 14.4. The van der Waals surface area contributed by atoms with E-state index in [4.69, 9.17) is 13.3 Å². The van der Waals surface area contributed by atoms with Crippen molar-refractivity contribution in [2.75, 3.05) is 9.80 Å². The van der Waals surface area contributed by atoms with Crippen LogP contribution in [0.3, 0.4) is 0 Å². The molecule has 7 heteroatoms. The molecule has 17 aromatic carbocycles. The molecule has 0 amide bonds. The summed E-state index contributed by atoms with van der Waals surface area (Å²) in [7, 11) is 0. The van der Waals surface area contributed by atoms with E-state index < -0.39 is 0 Å². The number of anilines is 6. The highest BCUT2D eigenvalue weighted by molar-refractivity contribution is 9.11. The van der Waals surface area contributed by atoms with Crippen LogP contribution in [-0.2, 0) is 6.42 Å². The first-order valence-corrected chi connectivity index (χ1v) is 33.2. The average Bonchev–Trinajstić information content (AvgIpc) is 0.876. The summed E-state index contributed by atoms with van der Waals surface area (Å²) in [4.78, 5) is 4.71. The molecule has 444 valence electrons. The molecule has 0 aliphatic carbocycles. The first kappa shape index (κ1) is 55.6. The van der Waals surface area contributed by atoms with Crippen molar-refractivity contribution in [2.45, 2.75) is 6.42 Å². The molecule has 94 heavy (non-hydrogen) atoms. The highest BCUT2D eigenvalue weighted by Gasteiger charge is 2.26. The Morgan fingerprint density at radius 3 is 1.01 bits per heavy atom. The van der Waals surface area contributed by atoms with Crippen LogP contribution in [-0.4, -0.2) is 0 Å². The van der Waals surface area contributed by atoms with Gasteiger partial charge in [-0.25, -0.2) is 0 Å². The van der Waals surface area contributed by atoms with Gasteiger partial charge in [-0.15, -0.1) is 0 Å². The molecular weight excluding hydrogens is 1280 g/mol. The van der Waals surface area contributed by atoms with Crippen molar-refractivity contribution >= 4 is 196 Å². The van der Waals surface area contributed by atoms with Gasteiger partial charge in [-0.1, -0.05) is 268 Å². The standard InChI is InChI=1S/C52H32N2O2.C19H14O.C16H8Br2/c1-3-13-35(14-4-1)53(45-21-11-19-39-37-17-7-9-23-47(37)55-51(39)45)43-31-27-33-26-30-42-44(32-28-34-25-29-41(43)49(33)50(34)42)54(36-15-5-2-6-16-36)46-22-12-20-40-38-18-8-10-24-48(38)56-52(40)46;1-2-7-14(8-3-1)13-15-9-6-11-17-16-10-4-5-12-18(16)20-19(15)17;17-13-8-4-10-2-6-12-14(18)7-3-9-1-5-11(13)16(10)15(9)12/h1-32H;1-12H,13H2;1-8H. The molecule has 0 radical (unpaired) electrons. The molecule has 0 saturated heterocycles. The minimum atomic E-state index is 0.865. The molecule has 0 N–H and O–H groups in total. The molecule has 0 aliphatic heterocycles. The van der Waals surface area contributed by atoms with E-state index in [0.717, 1.165) is 105 Å². The third-order valence-corrected chi connectivity index (χ3v) is 20.0. The molecular formula is C87H54Br2N2O3. The van der Waals surface area contributed by atoms with E-state index in [1.807, 2.05) is 42.5 Å². The van der Waals surface area contributed by atoms with Gasteiger partial charge in [0.1, 0.15) is 22.3 Å². The molecule has 0 spiro atoms. The number of para-hydroxylation sites is 8. The van der Waals surface area contributed by atoms with Crippen LogP contribution in [0.25, 0.3) is 130 Å². The lowest BCUT2D eigenvalue weighted by atomic mass is 9.91. The van der Waals surface area contributed by atoms with E-state index in [0.29, 0.717) is 0 Å². The summed E-state index contributed by atoms with van der Waals surface area (Å²) in [6.45, 7) is 0. The van der Waals surface area contributed by atoms with E-state index in [1.54, 1.807) is 0 Å². The number of benzene rings is 17. The zero-order valence-electron chi connectivity index (χ0n) is 50.6.